The molecule has 98 valence electrons. The van der Waals surface area contributed by atoms with Crippen molar-refractivity contribution < 1.29 is 0 Å². The molecule has 0 fully saturated rings. The van der Waals surface area contributed by atoms with E-state index in [0.717, 1.165) is 15.9 Å². The second-order valence-electron chi connectivity index (χ2n) is 4.45. The predicted molar refractivity (Wildman–Crippen MR) is 78.4 cm³/mol. The normalized spacial score (nSPS) is 13.2. The van der Waals surface area contributed by atoms with Gasteiger partial charge in [0.15, 0.2) is 0 Å². The minimum atomic E-state index is 0.108. The molecule has 6 heteroatoms. The zero-order valence-corrected chi connectivity index (χ0v) is 12.8. The van der Waals surface area contributed by atoms with E-state index in [-0.39, 0.29) is 6.04 Å². The van der Waals surface area contributed by atoms with Crippen LogP contribution in [0.3, 0.4) is 0 Å². The molecular weight excluding hydrogens is 312 g/mol. The Morgan fingerprint density at radius 3 is 2.72 bits per heavy atom. The third kappa shape index (κ3) is 3.20. The molecule has 3 N–H and O–H groups in total. The van der Waals surface area contributed by atoms with Crippen LogP contribution in [0, 0.1) is 0 Å². The summed E-state index contributed by atoms with van der Waals surface area (Å²) in [6.07, 6.45) is 2.81. The summed E-state index contributed by atoms with van der Waals surface area (Å²) in [6, 6.07) is 6.67. The predicted octanol–water partition coefficient (Wildman–Crippen LogP) is 3.04. The number of thiophene rings is 1. The topological polar surface area (TPSA) is 55.9 Å². The summed E-state index contributed by atoms with van der Waals surface area (Å²) in [6.45, 7) is 4.23. The SMILES string of the molecule is CC(C)n1ccc(CC(NN)c2ccc(Br)s2)n1. The van der Waals surface area contributed by atoms with E-state index in [1.54, 1.807) is 11.3 Å². The molecule has 0 saturated carbocycles. The summed E-state index contributed by atoms with van der Waals surface area (Å²) in [4.78, 5) is 1.21. The minimum absolute atomic E-state index is 0.108. The van der Waals surface area contributed by atoms with Gasteiger partial charge in [-0.1, -0.05) is 0 Å². The number of hydrogen-bond donors (Lipinski definition) is 2. The lowest BCUT2D eigenvalue weighted by atomic mass is 10.1. The molecule has 2 rings (SSSR count). The highest BCUT2D eigenvalue weighted by molar-refractivity contribution is 9.11. The van der Waals surface area contributed by atoms with Crippen molar-refractivity contribution in [3.63, 3.8) is 0 Å². The van der Waals surface area contributed by atoms with Gasteiger partial charge in [0.05, 0.1) is 15.5 Å². The Morgan fingerprint density at radius 1 is 1.44 bits per heavy atom. The van der Waals surface area contributed by atoms with E-state index in [4.69, 9.17) is 5.84 Å². The quantitative estimate of drug-likeness (QED) is 0.655. The molecule has 0 amide bonds. The van der Waals surface area contributed by atoms with Crippen LogP contribution < -0.4 is 11.3 Å². The van der Waals surface area contributed by atoms with E-state index in [9.17, 15) is 0 Å². The van der Waals surface area contributed by atoms with Gasteiger partial charge in [0.1, 0.15) is 0 Å². The lowest BCUT2D eigenvalue weighted by Crippen LogP contribution is -2.29. The molecule has 2 heterocycles. The molecule has 0 radical (unpaired) electrons. The summed E-state index contributed by atoms with van der Waals surface area (Å²) >= 11 is 5.16. The third-order valence-corrected chi connectivity index (χ3v) is 4.48. The van der Waals surface area contributed by atoms with Crippen molar-refractivity contribution in [1.82, 2.24) is 15.2 Å². The van der Waals surface area contributed by atoms with Crippen LogP contribution >= 0.6 is 27.3 Å². The molecule has 4 nitrogen and oxygen atoms in total. The van der Waals surface area contributed by atoms with Crippen LogP contribution in [0.5, 0.6) is 0 Å². The fraction of sp³-hybridized carbons (Fsp3) is 0.417. The van der Waals surface area contributed by atoms with E-state index in [2.05, 4.69) is 46.4 Å². The van der Waals surface area contributed by atoms with Crippen LogP contribution in [0.1, 0.15) is 36.5 Å². The fourth-order valence-electron chi connectivity index (χ4n) is 1.74. The van der Waals surface area contributed by atoms with Gasteiger partial charge in [0.25, 0.3) is 0 Å². The smallest absolute Gasteiger partial charge is 0.0702 e. The van der Waals surface area contributed by atoms with Crippen LogP contribution in [-0.2, 0) is 6.42 Å². The number of aromatic nitrogens is 2. The summed E-state index contributed by atoms with van der Waals surface area (Å²) in [7, 11) is 0. The molecular formula is C12H17BrN4S. The number of rotatable bonds is 5. The van der Waals surface area contributed by atoms with E-state index >= 15 is 0 Å². The number of halogens is 1. The molecule has 18 heavy (non-hydrogen) atoms. The zero-order valence-electron chi connectivity index (χ0n) is 10.4. The van der Waals surface area contributed by atoms with Gasteiger partial charge in [0, 0.05) is 23.5 Å². The van der Waals surface area contributed by atoms with Crippen LogP contribution in [0.25, 0.3) is 0 Å². The molecule has 2 aromatic rings. The summed E-state index contributed by atoms with van der Waals surface area (Å²) in [5, 5.41) is 4.54. The Hall–Kier alpha value is -0.690. The fourth-order valence-corrected chi connectivity index (χ4v) is 3.22. The first kappa shape index (κ1) is 13.7. The molecule has 0 bridgehead atoms. The minimum Gasteiger partial charge on any atom is -0.271 e. The van der Waals surface area contributed by atoms with Gasteiger partial charge in [-0.05, 0) is 48.0 Å². The Morgan fingerprint density at radius 2 is 2.22 bits per heavy atom. The number of hydrazine groups is 1. The standard InChI is InChI=1S/C12H17BrN4S/c1-8(2)17-6-5-9(16-17)7-10(15-14)11-3-4-12(13)18-11/h3-6,8,10,15H,7,14H2,1-2H3. The van der Waals surface area contributed by atoms with Crippen molar-refractivity contribution in [2.45, 2.75) is 32.4 Å². The summed E-state index contributed by atoms with van der Waals surface area (Å²) < 4.78 is 3.08. The number of hydrogen-bond acceptors (Lipinski definition) is 4. The summed E-state index contributed by atoms with van der Waals surface area (Å²) in [5.74, 6) is 5.64. The Kier molecular flexibility index (Phi) is 4.55. The first-order valence-corrected chi connectivity index (χ1v) is 7.46. The van der Waals surface area contributed by atoms with Crippen molar-refractivity contribution >= 4 is 27.3 Å². The molecule has 1 unspecified atom stereocenters. The summed E-state index contributed by atoms with van der Waals surface area (Å²) in [5.41, 5.74) is 3.91. The Labute approximate surface area is 119 Å². The van der Waals surface area contributed by atoms with Crippen LogP contribution in [0.2, 0.25) is 0 Å². The van der Waals surface area contributed by atoms with Gasteiger partial charge in [-0.15, -0.1) is 11.3 Å². The lowest BCUT2D eigenvalue weighted by molar-refractivity contribution is 0.509. The monoisotopic (exact) mass is 328 g/mol. The maximum Gasteiger partial charge on any atom is 0.0702 e. The second kappa shape index (κ2) is 5.97. The Balaban J connectivity index is 2.10. The second-order valence-corrected chi connectivity index (χ2v) is 6.94. The molecule has 2 aromatic heterocycles. The third-order valence-electron chi connectivity index (χ3n) is 2.74. The first-order valence-electron chi connectivity index (χ1n) is 5.85. The Bertz CT molecular complexity index is 506. The van der Waals surface area contributed by atoms with Gasteiger partial charge in [-0.25, -0.2) is 0 Å². The van der Waals surface area contributed by atoms with Crippen molar-refractivity contribution in [2.24, 2.45) is 5.84 Å². The van der Waals surface area contributed by atoms with Gasteiger partial charge in [0.2, 0.25) is 0 Å². The van der Waals surface area contributed by atoms with Crippen molar-refractivity contribution in [2.75, 3.05) is 0 Å². The van der Waals surface area contributed by atoms with Gasteiger partial charge < -0.3 is 0 Å². The maximum absolute atomic E-state index is 5.64. The van der Waals surface area contributed by atoms with E-state index < -0.39 is 0 Å². The molecule has 0 aliphatic carbocycles. The van der Waals surface area contributed by atoms with Crippen molar-refractivity contribution in [1.29, 1.82) is 0 Å². The van der Waals surface area contributed by atoms with Crippen molar-refractivity contribution in [3.8, 4) is 0 Å². The van der Waals surface area contributed by atoms with Gasteiger partial charge >= 0.3 is 0 Å². The number of nitrogens with two attached hydrogens (primary N) is 1. The molecule has 0 aromatic carbocycles. The number of nitrogens with one attached hydrogen (secondary N) is 1. The highest BCUT2D eigenvalue weighted by Gasteiger charge is 2.14. The van der Waals surface area contributed by atoms with Crippen LogP contribution in [-0.4, -0.2) is 9.78 Å². The maximum atomic E-state index is 5.64. The van der Waals surface area contributed by atoms with E-state index in [1.807, 2.05) is 23.0 Å². The molecule has 0 saturated heterocycles. The highest BCUT2D eigenvalue weighted by Crippen LogP contribution is 2.28. The molecule has 1 atom stereocenters. The molecule has 0 spiro atoms. The van der Waals surface area contributed by atoms with E-state index in [1.165, 1.54) is 4.88 Å². The van der Waals surface area contributed by atoms with Crippen LogP contribution in [0.15, 0.2) is 28.2 Å². The molecule has 0 aliphatic rings. The van der Waals surface area contributed by atoms with Crippen molar-refractivity contribution in [3.05, 3.63) is 38.8 Å². The largest absolute Gasteiger partial charge is 0.271 e. The van der Waals surface area contributed by atoms with E-state index in [0.29, 0.717) is 6.04 Å². The average molecular weight is 329 g/mol. The first-order chi connectivity index (χ1) is 8.60. The average Bonchev–Trinajstić information content (AvgIpc) is 2.94. The van der Waals surface area contributed by atoms with Gasteiger partial charge in [-0.3, -0.25) is 16.0 Å². The molecule has 0 aliphatic heterocycles. The lowest BCUT2D eigenvalue weighted by Gasteiger charge is -2.12. The number of nitrogens with zero attached hydrogens (tertiary/aromatic N) is 2. The zero-order chi connectivity index (χ0) is 13.1. The highest BCUT2D eigenvalue weighted by atomic mass is 79.9. The van der Waals surface area contributed by atoms with Gasteiger partial charge in [-0.2, -0.15) is 5.10 Å². The van der Waals surface area contributed by atoms with Crippen LogP contribution in [0.4, 0.5) is 0 Å².